The maximum atomic E-state index is 12.9. The van der Waals surface area contributed by atoms with Gasteiger partial charge in [0, 0.05) is 0 Å². The minimum absolute atomic E-state index is 0.0597. The molecule has 0 bridgehead atoms. The van der Waals surface area contributed by atoms with Crippen LogP contribution >= 0.6 is 0 Å². The molecule has 0 heterocycles. The number of hydrogen-bond acceptors (Lipinski definition) is 3. The highest BCUT2D eigenvalue weighted by Gasteiger charge is 2.30. The second kappa shape index (κ2) is 7.77. The third kappa shape index (κ3) is 5.22. The van der Waals surface area contributed by atoms with Gasteiger partial charge >= 0.3 is 6.18 Å². The molecule has 2 aromatic carbocycles. The highest BCUT2D eigenvalue weighted by molar-refractivity contribution is 7.92. The van der Waals surface area contributed by atoms with Crippen LogP contribution in [-0.2, 0) is 14.8 Å². The molecule has 0 aromatic heterocycles. The Morgan fingerprint density at radius 2 is 1.62 bits per heavy atom. The summed E-state index contributed by atoms with van der Waals surface area (Å²) in [6.45, 7) is -0.509. The molecular weight excluding hydrogens is 369 g/mol. The summed E-state index contributed by atoms with van der Waals surface area (Å²) in [5.74, 6) is -1.05. The maximum absolute atomic E-state index is 12.9. The molecule has 0 aliphatic heterocycles. The predicted molar refractivity (Wildman–Crippen MR) is 91.2 cm³/mol. The molecule has 0 saturated heterocycles. The van der Waals surface area contributed by atoms with Crippen molar-refractivity contribution in [3.05, 3.63) is 60.2 Å². The van der Waals surface area contributed by atoms with E-state index in [0.29, 0.717) is 0 Å². The van der Waals surface area contributed by atoms with Gasteiger partial charge in [-0.2, -0.15) is 13.2 Å². The molecule has 5 nitrogen and oxygen atoms in total. The second-order valence-corrected chi connectivity index (χ2v) is 7.41. The first-order chi connectivity index (χ1) is 12.1. The fourth-order valence-electron chi connectivity index (χ4n) is 2.13. The van der Waals surface area contributed by atoms with Gasteiger partial charge in [0.2, 0.25) is 5.91 Å². The van der Waals surface area contributed by atoms with Crippen LogP contribution < -0.4 is 9.62 Å². The number of hydrogen-bond donors (Lipinski definition) is 1. The van der Waals surface area contributed by atoms with Gasteiger partial charge in [0.15, 0.2) is 0 Å². The van der Waals surface area contributed by atoms with E-state index in [-0.39, 0.29) is 10.6 Å². The minimum atomic E-state index is -4.58. The number of rotatable bonds is 6. The predicted octanol–water partition coefficient (Wildman–Crippen LogP) is 2.87. The van der Waals surface area contributed by atoms with E-state index in [4.69, 9.17) is 0 Å². The molecular formula is C17H17F3N2O3S. The summed E-state index contributed by atoms with van der Waals surface area (Å²) < 4.78 is 63.4. The summed E-state index contributed by atoms with van der Waals surface area (Å²) >= 11 is 0. The first-order valence-corrected chi connectivity index (χ1v) is 9.01. The quantitative estimate of drug-likeness (QED) is 0.830. The summed E-state index contributed by atoms with van der Waals surface area (Å²) in [4.78, 5) is 11.8. The Balaban J connectivity index is 2.33. The van der Waals surface area contributed by atoms with Crippen molar-refractivity contribution < 1.29 is 26.4 Å². The molecule has 2 aromatic rings. The van der Waals surface area contributed by atoms with Gasteiger partial charge in [0.25, 0.3) is 10.0 Å². The Hall–Kier alpha value is -2.55. The van der Waals surface area contributed by atoms with Crippen LogP contribution in [0.3, 0.4) is 0 Å². The van der Waals surface area contributed by atoms with E-state index in [1.165, 1.54) is 24.3 Å². The van der Waals surface area contributed by atoms with Gasteiger partial charge in [-0.05, 0) is 31.2 Å². The van der Waals surface area contributed by atoms with Crippen LogP contribution in [0.5, 0.6) is 0 Å². The molecule has 1 N–H and O–H groups in total. The number of benzene rings is 2. The molecule has 0 saturated carbocycles. The van der Waals surface area contributed by atoms with Crippen LogP contribution in [-0.4, -0.2) is 33.6 Å². The van der Waals surface area contributed by atoms with Gasteiger partial charge in [-0.3, -0.25) is 9.10 Å². The number of halogens is 3. The first kappa shape index (κ1) is 19.8. The molecule has 0 unspecified atom stereocenters. The van der Waals surface area contributed by atoms with Gasteiger partial charge in [-0.15, -0.1) is 0 Å². The number of amides is 1. The lowest BCUT2D eigenvalue weighted by Crippen LogP contribution is -2.43. The lowest BCUT2D eigenvalue weighted by Gasteiger charge is -2.24. The molecule has 0 aliphatic rings. The van der Waals surface area contributed by atoms with E-state index in [1.807, 2.05) is 0 Å². The van der Waals surface area contributed by atoms with E-state index < -0.39 is 35.2 Å². The van der Waals surface area contributed by atoms with Gasteiger partial charge in [0.1, 0.15) is 13.1 Å². The van der Waals surface area contributed by atoms with Crippen LogP contribution in [0.4, 0.5) is 18.9 Å². The standard InChI is InChI=1S/C17H17F3N2O3S/c1-13-7-9-15(10-8-13)26(24,25)22(14-5-3-2-4-6-14)11-16(23)21-12-17(18,19)20/h2-10H,11-12H2,1H3,(H,21,23). The van der Waals surface area contributed by atoms with E-state index in [9.17, 15) is 26.4 Å². The highest BCUT2D eigenvalue weighted by atomic mass is 32.2. The molecule has 0 atom stereocenters. The third-order valence-electron chi connectivity index (χ3n) is 3.43. The van der Waals surface area contributed by atoms with Gasteiger partial charge in [-0.1, -0.05) is 35.9 Å². The first-order valence-electron chi connectivity index (χ1n) is 7.57. The second-order valence-electron chi connectivity index (χ2n) is 5.55. The SMILES string of the molecule is Cc1ccc(S(=O)(=O)N(CC(=O)NCC(F)(F)F)c2ccccc2)cc1. The van der Waals surface area contributed by atoms with Crippen LogP contribution in [0.15, 0.2) is 59.5 Å². The third-order valence-corrected chi connectivity index (χ3v) is 5.21. The molecule has 0 radical (unpaired) electrons. The Labute approximate surface area is 149 Å². The minimum Gasteiger partial charge on any atom is -0.345 e. The van der Waals surface area contributed by atoms with Gasteiger partial charge in [-0.25, -0.2) is 8.42 Å². The summed E-state index contributed by atoms with van der Waals surface area (Å²) in [5.41, 5.74) is 1.02. The number of anilines is 1. The van der Waals surface area contributed by atoms with E-state index in [1.54, 1.807) is 42.6 Å². The molecule has 1 amide bonds. The zero-order chi connectivity index (χ0) is 19.4. The molecule has 2 rings (SSSR count). The van der Waals surface area contributed by atoms with E-state index >= 15 is 0 Å². The normalized spacial score (nSPS) is 11.8. The maximum Gasteiger partial charge on any atom is 0.405 e. The highest BCUT2D eigenvalue weighted by Crippen LogP contribution is 2.23. The number of carbonyl (C=O) groups is 1. The number of nitrogens with one attached hydrogen (secondary N) is 1. The monoisotopic (exact) mass is 386 g/mol. The Morgan fingerprint density at radius 3 is 2.15 bits per heavy atom. The number of alkyl halides is 3. The molecule has 0 fully saturated rings. The Kier molecular flexibility index (Phi) is 5.91. The van der Waals surface area contributed by atoms with Crippen molar-refractivity contribution >= 4 is 21.6 Å². The van der Waals surface area contributed by atoms with Crippen molar-refractivity contribution in [1.29, 1.82) is 0 Å². The smallest absolute Gasteiger partial charge is 0.345 e. The summed E-state index contributed by atoms with van der Waals surface area (Å²) in [6.07, 6.45) is -4.58. The Bertz CT molecular complexity index is 851. The lowest BCUT2D eigenvalue weighted by molar-refractivity contribution is -0.137. The molecule has 9 heteroatoms. The van der Waals surface area contributed by atoms with Crippen LogP contribution in [0.25, 0.3) is 0 Å². The largest absolute Gasteiger partial charge is 0.405 e. The number of sulfonamides is 1. The van der Waals surface area contributed by atoms with Crippen molar-refractivity contribution in [3.8, 4) is 0 Å². The van der Waals surface area contributed by atoms with Gasteiger partial charge in [0.05, 0.1) is 10.6 Å². The summed E-state index contributed by atoms with van der Waals surface area (Å²) in [6, 6.07) is 13.7. The van der Waals surface area contributed by atoms with Crippen molar-refractivity contribution in [3.63, 3.8) is 0 Å². The van der Waals surface area contributed by atoms with Crippen LogP contribution in [0, 0.1) is 6.92 Å². The van der Waals surface area contributed by atoms with Crippen molar-refractivity contribution in [2.75, 3.05) is 17.4 Å². The summed E-state index contributed by atoms with van der Waals surface area (Å²) in [5, 5.41) is 1.69. The van der Waals surface area contributed by atoms with E-state index in [2.05, 4.69) is 0 Å². The van der Waals surface area contributed by atoms with Gasteiger partial charge < -0.3 is 5.32 Å². The molecule has 140 valence electrons. The molecule has 0 aliphatic carbocycles. The number of para-hydroxylation sites is 1. The lowest BCUT2D eigenvalue weighted by atomic mass is 10.2. The number of aryl methyl sites for hydroxylation is 1. The zero-order valence-corrected chi connectivity index (χ0v) is 14.6. The van der Waals surface area contributed by atoms with Crippen molar-refractivity contribution in [1.82, 2.24) is 5.32 Å². The average molecular weight is 386 g/mol. The fourth-order valence-corrected chi connectivity index (χ4v) is 3.55. The zero-order valence-electron chi connectivity index (χ0n) is 13.8. The number of nitrogens with zero attached hydrogens (tertiary/aromatic N) is 1. The van der Waals surface area contributed by atoms with Crippen molar-refractivity contribution in [2.45, 2.75) is 18.0 Å². The molecule has 26 heavy (non-hydrogen) atoms. The fraction of sp³-hybridized carbons (Fsp3) is 0.235. The average Bonchev–Trinajstić information content (AvgIpc) is 2.58. The topological polar surface area (TPSA) is 66.5 Å². The Morgan fingerprint density at radius 1 is 1.04 bits per heavy atom. The molecule has 0 spiro atoms. The number of carbonyl (C=O) groups excluding carboxylic acids is 1. The summed E-state index contributed by atoms with van der Waals surface area (Å²) in [7, 11) is -4.13. The van der Waals surface area contributed by atoms with E-state index in [0.717, 1.165) is 9.87 Å². The van der Waals surface area contributed by atoms with Crippen LogP contribution in [0.1, 0.15) is 5.56 Å². The van der Waals surface area contributed by atoms with Crippen molar-refractivity contribution in [2.24, 2.45) is 0 Å². The van der Waals surface area contributed by atoms with Crippen LogP contribution in [0.2, 0.25) is 0 Å².